The van der Waals surface area contributed by atoms with E-state index in [2.05, 4.69) is 10.3 Å². The highest BCUT2D eigenvalue weighted by atomic mass is 32.2. The van der Waals surface area contributed by atoms with Gasteiger partial charge in [-0.3, -0.25) is 4.98 Å². The van der Waals surface area contributed by atoms with Crippen molar-refractivity contribution in [3.63, 3.8) is 0 Å². The first-order valence-corrected chi connectivity index (χ1v) is 7.19. The average molecular weight is 258 g/mol. The predicted octanol–water partition coefficient (Wildman–Crippen LogP) is 1.06. The van der Waals surface area contributed by atoms with Crippen LogP contribution in [0.1, 0.15) is 25.6 Å². The van der Waals surface area contributed by atoms with E-state index in [1.54, 1.807) is 0 Å². The normalized spacial score (nSPS) is 26.6. The van der Waals surface area contributed by atoms with E-state index in [1.165, 1.54) is 12.1 Å². The topological polar surface area (TPSA) is 59.1 Å². The second-order valence-corrected chi connectivity index (χ2v) is 7.15. The zero-order chi connectivity index (χ0) is 12.7. The molecule has 1 unspecified atom stereocenters. The lowest BCUT2D eigenvalue weighted by Crippen LogP contribution is -2.54. The van der Waals surface area contributed by atoms with E-state index in [-0.39, 0.29) is 17.5 Å². The maximum absolute atomic E-state index is 12.8. The lowest BCUT2D eigenvalue weighted by atomic mass is 10.1. The number of pyridine rings is 1. The van der Waals surface area contributed by atoms with Gasteiger partial charge < -0.3 is 5.32 Å². The monoisotopic (exact) mass is 258 g/mol. The summed E-state index contributed by atoms with van der Waals surface area (Å²) in [6.45, 7) is 3.67. The summed E-state index contributed by atoms with van der Waals surface area (Å²) in [5, 5.41) is 3.22. The second-order valence-electron chi connectivity index (χ2n) is 5.04. The largest absolute Gasteiger partial charge is 0.302 e. The van der Waals surface area contributed by atoms with Crippen LogP contribution >= 0.6 is 0 Å². The Morgan fingerprint density at radius 3 is 2.71 bits per heavy atom. The summed E-state index contributed by atoms with van der Waals surface area (Å²) in [7, 11) is -3.09. The molecular weight excluding hydrogens is 243 g/mol. The van der Waals surface area contributed by atoms with Gasteiger partial charge in [-0.1, -0.05) is 0 Å². The van der Waals surface area contributed by atoms with Gasteiger partial charge in [-0.05, 0) is 26.0 Å². The van der Waals surface area contributed by atoms with Gasteiger partial charge in [0.15, 0.2) is 9.84 Å². The fourth-order valence-corrected chi connectivity index (χ4v) is 4.23. The van der Waals surface area contributed by atoms with Crippen LogP contribution in [0.25, 0.3) is 0 Å². The fourth-order valence-electron chi connectivity index (χ4n) is 2.17. The zero-order valence-corrected chi connectivity index (χ0v) is 10.6. The molecule has 1 aromatic heterocycles. The van der Waals surface area contributed by atoms with E-state index in [1.807, 2.05) is 13.8 Å². The van der Waals surface area contributed by atoms with Crippen LogP contribution in [0, 0.1) is 5.82 Å². The van der Waals surface area contributed by atoms with Crippen LogP contribution in [-0.2, 0) is 9.84 Å². The first-order chi connectivity index (χ1) is 7.77. The Morgan fingerprint density at radius 1 is 1.47 bits per heavy atom. The van der Waals surface area contributed by atoms with Crippen LogP contribution in [-0.4, -0.2) is 30.4 Å². The molecule has 1 atom stereocenters. The average Bonchev–Trinajstić information content (AvgIpc) is 2.13. The smallest absolute Gasteiger partial charge is 0.154 e. The van der Waals surface area contributed by atoms with Crippen LogP contribution in [0.15, 0.2) is 18.3 Å². The molecule has 0 aromatic carbocycles. The molecule has 0 bridgehead atoms. The first-order valence-electron chi connectivity index (χ1n) is 5.37. The third-order valence-electron chi connectivity index (χ3n) is 2.67. The Kier molecular flexibility index (Phi) is 2.95. The Hall–Kier alpha value is -1.01. The van der Waals surface area contributed by atoms with Crippen LogP contribution < -0.4 is 5.32 Å². The quantitative estimate of drug-likeness (QED) is 0.818. The van der Waals surface area contributed by atoms with Crippen LogP contribution in [0.2, 0.25) is 0 Å². The second kappa shape index (κ2) is 4.03. The standard InChI is InChI=1S/C11H15FN2O2S/c1-11(2)7-17(15,16)6-10(14-11)9-4-3-8(12)5-13-9/h3-5,10,14H,6-7H2,1-2H3. The summed E-state index contributed by atoms with van der Waals surface area (Å²) >= 11 is 0. The number of rotatable bonds is 1. The maximum atomic E-state index is 12.8. The summed E-state index contributed by atoms with van der Waals surface area (Å²) in [5.74, 6) is -0.307. The maximum Gasteiger partial charge on any atom is 0.154 e. The molecule has 1 aliphatic rings. The molecule has 1 aliphatic heterocycles. The van der Waals surface area contributed by atoms with Crippen LogP contribution in [0.5, 0.6) is 0 Å². The zero-order valence-electron chi connectivity index (χ0n) is 9.77. The Morgan fingerprint density at radius 2 is 2.18 bits per heavy atom. The molecule has 0 saturated carbocycles. The molecule has 0 spiro atoms. The molecule has 0 radical (unpaired) electrons. The lowest BCUT2D eigenvalue weighted by molar-refractivity contribution is 0.355. The number of nitrogens with zero attached hydrogens (tertiary/aromatic N) is 1. The van der Waals surface area contributed by atoms with Crippen molar-refractivity contribution >= 4 is 9.84 Å². The summed E-state index contributed by atoms with van der Waals surface area (Å²) < 4.78 is 36.3. The molecule has 0 aliphatic carbocycles. The molecule has 1 N–H and O–H groups in total. The minimum Gasteiger partial charge on any atom is -0.302 e. The third kappa shape index (κ3) is 3.01. The minimum absolute atomic E-state index is 0.00899. The Labute approximate surface area is 100 Å². The molecular formula is C11H15FN2O2S. The van der Waals surface area contributed by atoms with Gasteiger partial charge in [-0.25, -0.2) is 12.8 Å². The third-order valence-corrected chi connectivity index (χ3v) is 4.68. The molecule has 2 rings (SSSR count). The molecule has 17 heavy (non-hydrogen) atoms. The van der Waals surface area contributed by atoms with Crippen LogP contribution in [0.3, 0.4) is 0 Å². The van der Waals surface area contributed by atoms with E-state index in [0.717, 1.165) is 6.20 Å². The van der Waals surface area contributed by atoms with E-state index >= 15 is 0 Å². The lowest BCUT2D eigenvalue weighted by Gasteiger charge is -2.36. The van der Waals surface area contributed by atoms with Gasteiger partial charge in [0.05, 0.1) is 29.4 Å². The van der Waals surface area contributed by atoms with Crippen molar-refractivity contribution in [2.24, 2.45) is 0 Å². The summed E-state index contributed by atoms with van der Waals surface area (Å²) in [6.07, 6.45) is 1.10. The SMILES string of the molecule is CC1(C)CS(=O)(=O)CC(c2ccc(F)cn2)N1. The fraction of sp³-hybridized carbons (Fsp3) is 0.545. The number of hydrogen-bond acceptors (Lipinski definition) is 4. The molecule has 0 amide bonds. The number of halogens is 1. The predicted molar refractivity (Wildman–Crippen MR) is 62.8 cm³/mol. The number of aromatic nitrogens is 1. The molecule has 6 heteroatoms. The Bertz CT molecular complexity index is 511. The number of nitrogens with one attached hydrogen (secondary N) is 1. The van der Waals surface area contributed by atoms with Gasteiger partial charge in [0.2, 0.25) is 0 Å². The molecule has 4 nitrogen and oxygen atoms in total. The van der Waals surface area contributed by atoms with Crippen molar-refractivity contribution in [2.75, 3.05) is 11.5 Å². The molecule has 94 valence electrons. The highest BCUT2D eigenvalue weighted by molar-refractivity contribution is 7.91. The molecule has 1 aromatic rings. The van der Waals surface area contributed by atoms with Crippen molar-refractivity contribution in [1.82, 2.24) is 10.3 Å². The van der Waals surface area contributed by atoms with Gasteiger partial charge in [-0.2, -0.15) is 0 Å². The van der Waals surface area contributed by atoms with Crippen molar-refractivity contribution < 1.29 is 12.8 Å². The Balaban J connectivity index is 2.30. The van der Waals surface area contributed by atoms with Gasteiger partial charge in [0.1, 0.15) is 5.82 Å². The van der Waals surface area contributed by atoms with Crippen molar-refractivity contribution in [3.8, 4) is 0 Å². The highest BCUT2D eigenvalue weighted by Gasteiger charge is 2.37. The van der Waals surface area contributed by atoms with E-state index < -0.39 is 21.2 Å². The first kappa shape index (κ1) is 12.4. The minimum atomic E-state index is -3.09. The summed E-state index contributed by atoms with van der Waals surface area (Å²) in [4.78, 5) is 3.93. The van der Waals surface area contributed by atoms with Crippen LogP contribution in [0.4, 0.5) is 4.39 Å². The molecule has 1 saturated heterocycles. The highest BCUT2D eigenvalue weighted by Crippen LogP contribution is 2.24. The van der Waals surface area contributed by atoms with Gasteiger partial charge in [0.25, 0.3) is 0 Å². The van der Waals surface area contributed by atoms with E-state index in [0.29, 0.717) is 5.69 Å². The summed E-state index contributed by atoms with van der Waals surface area (Å²) in [5.41, 5.74) is 0.0698. The number of sulfone groups is 1. The van der Waals surface area contributed by atoms with Crippen molar-refractivity contribution in [3.05, 3.63) is 29.8 Å². The summed E-state index contributed by atoms with van der Waals surface area (Å²) in [6, 6.07) is 2.44. The number of hydrogen-bond donors (Lipinski definition) is 1. The van der Waals surface area contributed by atoms with Gasteiger partial charge in [-0.15, -0.1) is 0 Å². The van der Waals surface area contributed by atoms with Gasteiger partial charge in [0, 0.05) is 5.54 Å². The van der Waals surface area contributed by atoms with Crippen molar-refractivity contribution in [2.45, 2.75) is 25.4 Å². The molecule has 2 heterocycles. The van der Waals surface area contributed by atoms with Crippen molar-refractivity contribution in [1.29, 1.82) is 0 Å². The molecule has 1 fully saturated rings. The van der Waals surface area contributed by atoms with Gasteiger partial charge >= 0.3 is 0 Å². The van der Waals surface area contributed by atoms with E-state index in [9.17, 15) is 12.8 Å². The van der Waals surface area contributed by atoms with E-state index in [4.69, 9.17) is 0 Å².